The van der Waals surface area contributed by atoms with Crippen molar-refractivity contribution in [1.82, 2.24) is 9.97 Å². The van der Waals surface area contributed by atoms with Crippen molar-refractivity contribution in [3.05, 3.63) is 64.5 Å². The minimum Gasteiger partial charge on any atom is -0.345 e. The van der Waals surface area contributed by atoms with Crippen LogP contribution in [-0.4, -0.2) is 30.0 Å². The van der Waals surface area contributed by atoms with Crippen LogP contribution < -0.4 is 0 Å². The van der Waals surface area contributed by atoms with E-state index < -0.39 is 22.1 Å². The van der Waals surface area contributed by atoms with E-state index in [1.807, 2.05) is 31.2 Å². The average molecular weight is 432 g/mol. The Morgan fingerprint density at radius 2 is 1.59 bits per heavy atom. The smallest absolute Gasteiger partial charge is 0.345 e. The Kier molecular flexibility index (Phi) is 8.37. The second-order valence-electron chi connectivity index (χ2n) is 6.15. The molecule has 6 nitrogen and oxygen atoms in total. The van der Waals surface area contributed by atoms with Gasteiger partial charge in [-0.3, -0.25) is 8.74 Å². The van der Waals surface area contributed by atoms with Gasteiger partial charge in [0.05, 0.1) is 30.0 Å². The van der Waals surface area contributed by atoms with Gasteiger partial charge in [0.25, 0.3) is 0 Å². The summed E-state index contributed by atoms with van der Waals surface area (Å²) < 4.78 is 67.6. The molecule has 0 unspecified atom stereocenters. The van der Waals surface area contributed by atoms with E-state index in [2.05, 4.69) is 14.2 Å². The monoisotopic (exact) mass is 432 g/mol. The SMILES string of the molecule is COS(=O)(=O)O.Cc1cc(C)c(C(F)(F)F)c(C)c1C.c1ccc2[nH]cnc2c1. The maximum atomic E-state index is 12.6. The highest BCUT2D eigenvalue weighted by atomic mass is 32.3. The molecule has 29 heavy (non-hydrogen) atoms. The first-order chi connectivity index (χ1) is 13.3. The number of para-hydroxylation sites is 2. The molecule has 0 atom stereocenters. The lowest BCUT2D eigenvalue weighted by Crippen LogP contribution is -2.11. The van der Waals surface area contributed by atoms with E-state index in [1.165, 1.54) is 13.8 Å². The fourth-order valence-electron chi connectivity index (χ4n) is 2.60. The number of aromatic nitrogens is 2. The molecule has 2 aromatic carbocycles. The van der Waals surface area contributed by atoms with Gasteiger partial charge in [-0.1, -0.05) is 18.2 Å². The van der Waals surface area contributed by atoms with Crippen molar-refractivity contribution in [1.29, 1.82) is 0 Å². The maximum absolute atomic E-state index is 12.6. The van der Waals surface area contributed by atoms with E-state index >= 15 is 0 Å². The topological polar surface area (TPSA) is 92.3 Å². The number of hydrogen-bond donors (Lipinski definition) is 2. The van der Waals surface area contributed by atoms with Crippen molar-refractivity contribution in [2.45, 2.75) is 33.9 Å². The number of nitrogens with one attached hydrogen (secondary N) is 1. The lowest BCUT2D eigenvalue weighted by molar-refractivity contribution is -0.138. The number of alkyl halides is 3. The first-order valence-electron chi connectivity index (χ1n) is 8.33. The summed E-state index contributed by atoms with van der Waals surface area (Å²) in [5.74, 6) is 0. The minimum atomic E-state index is -4.24. The summed E-state index contributed by atoms with van der Waals surface area (Å²) in [7, 11) is -3.29. The molecule has 1 aromatic heterocycles. The summed E-state index contributed by atoms with van der Waals surface area (Å²) in [4.78, 5) is 7.07. The van der Waals surface area contributed by atoms with Crippen molar-refractivity contribution in [2.75, 3.05) is 7.11 Å². The van der Waals surface area contributed by atoms with Crippen molar-refractivity contribution >= 4 is 21.4 Å². The third-order valence-electron chi connectivity index (χ3n) is 4.18. The second kappa shape index (κ2) is 9.86. The minimum absolute atomic E-state index is 0.304. The number of hydrogen-bond acceptors (Lipinski definition) is 4. The summed E-state index contributed by atoms with van der Waals surface area (Å²) in [6.07, 6.45) is -2.54. The predicted octanol–water partition coefficient (Wildman–Crippen LogP) is 4.94. The number of rotatable bonds is 1. The Bertz CT molecular complexity index is 1030. The average Bonchev–Trinajstić information content (AvgIpc) is 3.08. The molecule has 0 aliphatic rings. The van der Waals surface area contributed by atoms with Gasteiger partial charge in [-0.05, 0) is 62.1 Å². The van der Waals surface area contributed by atoms with Crippen molar-refractivity contribution in [2.24, 2.45) is 0 Å². The zero-order valence-electron chi connectivity index (χ0n) is 16.6. The Balaban J connectivity index is 0.000000239. The van der Waals surface area contributed by atoms with Gasteiger partial charge >= 0.3 is 16.6 Å². The van der Waals surface area contributed by atoms with Crippen LogP contribution in [0.2, 0.25) is 0 Å². The van der Waals surface area contributed by atoms with Crippen LogP contribution in [0.15, 0.2) is 36.7 Å². The van der Waals surface area contributed by atoms with Crippen LogP contribution in [0.5, 0.6) is 0 Å². The molecule has 3 aromatic rings. The van der Waals surface area contributed by atoms with E-state index in [4.69, 9.17) is 4.55 Å². The highest BCUT2D eigenvalue weighted by Crippen LogP contribution is 2.36. The van der Waals surface area contributed by atoms with Crippen LogP contribution in [0.4, 0.5) is 13.2 Å². The number of fused-ring (bicyclic) bond motifs is 1. The molecule has 0 radical (unpaired) electrons. The largest absolute Gasteiger partial charge is 0.416 e. The normalized spacial score (nSPS) is 11.3. The molecule has 0 aliphatic heterocycles. The number of imidazole rings is 1. The van der Waals surface area contributed by atoms with Crippen molar-refractivity contribution in [3.8, 4) is 0 Å². The van der Waals surface area contributed by atoms with Crippen molar-refractivity contribution < 1.29 is 30.3 Å². The van der Waals surface area contributed by atoms with E-state index in [-0.39, 0.29) is 0 Å². The fourth-order valence-corrected chi connectivity index (χ4v) is 2.60. The molecular formula is C19H23F3N2O4S. The summed E-state index contributed by atoms with van der Waals surface area (Å²) in [5.41, 5.74) is 3.92. The molecule has 1 heterocycles. The molecule has 160 valence electrons. The zero-order valence-corrected chi connectivity index (χ0v) is 17.4. The van der Waals surface area contributed by atoms with Crippen LogP contribution in [-0.2, 0) is 20.8 Å². The van der Waals surface area contributed by atoms with Gasteiger partial charge in [0, 0.05) is 0 Å². The lowest BCUT2D eigenvalue weighted by atomic mass is 9.94. The van der Waals surface area contributed by atoms with Gasteiger partial charge in [0.15, 0.2) is 0 Å². The third kappa shape index (κ3) is 7.48. The Morgan fingerprint density at radius 1 is 1.03 bits per heavy atom. The summed E-state index contributed by atoms with van der Waals surface area (Å²) in [6.45, 7) is 6.58. The highest BCUT2D eigenvalue weighted by molar-refractivity contribution is 7.80. The van der Waals surface area contributed by atoms with Crippen LogP contribution in [0.1, 0.15) is 27.8 Å². The number of nitrogens with zero attached hydrogens (tertiary/aromatic N) is 1. The molecular weight excluding hydrogens is 409 g/mol. The standard InChI is InChI=1S/C11H13F3.C7H6N2.CH4O4S/c1-6-5-7(2)10(11(12,13)14)9(4)8(6)3;1-2-4-7-6(3-1)8-5-9-7;1-5-6(2,3)4/h5H,1-4H3;1-5H,(H,8,9);1H3,(H,2,3,4). The molecule has 10 heteroatoms. The van der Waals surface area contributed by atoms with E-state index in [9.17, 15) is 21.6 Å². The zero-order chi connectivity index (χ0) is 22.4. The second-order valence-corrected chi connectivity index (χ2v) is 7.34. The van der Waals surface area contributed by atoms with E-state index in [0.717, 1.165) is 29.3 Å². The molecule has 0 fully saturated rings. The van der Waals surface area contributed by atoms with Gasteiger partial charge < -0.3 is 4.98 Å². The predicted molar refractivity (Wildman–Crippen MR) is 105 cm³/mol. The van der Waals surface area contributed by atoms with Gasteiger partial charge in [-0.2, -0.15) is 21.6 Å². The van der Waals surface area contributed by atoms with Gasteiger partial charge in [-0.15, -0.1) is 0 Å². The summed E-state index contributed by atoms with van der Waals surface area (Å²) in [5, 5.41) is 0. The molecule has 3 rings (SSSR count). The molecule has 2 N–H and O–H groups in total. The van der Waals surface area contributed by atoms with Crippen LogP contribution in [0, 0.1) is 27.7 Å². The van der Waals surface area contributed by atoms with Crippen molar-refractivity contribution in [3.63, 3.8) is 0 Å². The molecule has 0 saturated heterocycles. The Labute approximate surface area is 167 Å². The van der Waals surface area contributed by atoms with Crippen LogP contribution in [0.3, 0.4) is 0 Å². The van der Waals surface area contributed by atoms with Crippen LogP contribution in [0.25, 0.3) is 11.0 Å². The van der Waals surface area contributed by atoms with Gasteiger partial charge in [0.1, 0.15) is 0 Å². The number of aryl methyl sites for hydroxylation is 2. The first kappa shape index (κ1) is 24.6. The first-order valence-corrected chi connectivity index (χ1v) is 9.70. The fraction of sp³-hybridized carbons (Fsp3) is 0.316. The number of halogens is 3. The summed E-state index contributed by atoms with van der Waals surface area (Å²) in [6, 6.07) is 9.53. The Morgan fingerprint density at radius 3 is 2.07 bits per heavy atom. The maximum Gasteiger partial charge on any atom is 0.416 e. The number of H-pyrrole nitrogens is 1. The Hall–Kier alpha value is -2.43. The van der Waals surface area contributed by atoms with E-state index in [1.54, 1.807) is 19.3 Å². The molecule has 0 amide bonds. The molecule has 0 bridgehead atoms. The lowest BCUT2D eigenvalue weighted by Gasteiger charge is -2.17. The highest BCUT2D eigenvalue weighted by Gasteiger charge is 2.34. The third-order valence-corrected chi connectivity index (χ3v) is 4.60. The molecule has 0 aliphatic carbocycles. The molecule has 0 spiro atoms. The van der Waals surface area contributed by atoms with Gasteiger partial charge in [0.2, 0.25) is 0 Å². The number of benzene rings is 2. The molecule has 0 saturated carbocycles. The number of aromatic amines is 1. The summed E-state index contributed by atoms with van der Waals surface area (Å²) >= 11 is 0. The van der Waals surface area contributed by atoms with E-state index in [0.29, 0.717) is 11.1 Å². The van der Waals surface area contributed by atoms with Gasteiger partial charge in [-0.25, -0.2) is 4.98 Å². The quantitative estimate of drug-likeness (QED) is 0.532. The van der Waals surface area contributed by atoms with Crippen LogP contribution >= 0.6 is 0 Å².